The van der Waals surface area contributed by atoms with E-state index in [1.54, 1.807) is 12.1 Å². The number of hydrogen-bond acceptors (Lipinski definition) is 5. The van der Waals surface area contributed by atoms with Crippen LogP contribution in [-0.4, -0.2) is 36.0 Å². The van der Waals surface area contributed by atoms with E-state index in [1.165, 1.54) is 23.5 Å². The van der Waals surface area contributed by atoms with Crippen molar-refractivity contribution in [3.63, 3.8) is 0 Å². The van der Waals surface area contributed by atoms with E-state index in [9.17, 15) is 14.6 Å². The molecule has 2 atom stereocenters. The average Bonchev–Trinajstić information content (AvgIpc) is 3.00. The number of ether oxygens (including phenoxy) is 1. The Morgan fingerprint density at radius 3 is 2.71 bits per heavy atom. The van der Waals surface area contributed by atoms with Gasteiger partial charge < -0.3 is 20.3 Å². The molecule has 2 rings (SSSR count). The summed E-state index contributed by atoms with van der Waals surface area (Å²) in [5, 5.41) is 26.3. The number of para-hydroxylation sites is 1. The van der Waals surface area contributed by atoms with Gasteiger partial charge in [-0.1, -0.05) is 12.1 Å². The van der Waals surface area contributed by atoms with Gasteiger partial charge in [-0.05, 0) is 34.5 Å². The Morgan fingerprint density at radius 2 is 2.00 bits per heavy atom. The van der Waals surface area contributed by atoms with E-state index in [0.29, 0.717) is 6.54 Å². The number of halogens is 1. The summed E-state index contributed by atoms with van der Waals surface area (Å²) in [7, 11) is 0. The van der Waals surface area contributed by atoms with Crippen LogP contribution in [0.25, 0.3) is 0 Å². The van der Waals surface area contributed by atoms with Gasteiger partial charge in [0.25, 0.3) is 0 Å². The molecule has 0 aliphatic heterocycles. The molecule has 0 saturated heterocycles. The Morgan fingerprint density at radius 1 is 1.19 bits per heavy atom. The van der Waals surface area contributed by atoms with Crippen LogP contribution in [0.4, 0.5) is 4.39 Å². The fraction of sp³-hybridized carbons (Fsp3) is 0.333. The maximum Gasteiger partial charge on any atom is 0.165 e. The normalized spacial score (nSPS) is 13.9. The zero-order chi connectivity index (χ0) is 15.1. The highest BCUT2D eigenvalue weighted by atomic mass is 32.1. The van der Waals surface area contributed by atoms with Gasteiger partial charge in [-0.2, -0.15) is 11.3 Å². The van der Waals surface area contributed by atoms with Crippen LogP contribution in [0.5, 0.6) is 5.75 Å². The van der Waals surface area contributed by atoms with Crippen LogP contribution in [-0.2, 0) is 0 Å². The van der Waals surface area contributed by atoms with Crippen LogP contribution in [0.3, 0.4) is 0 Å². The second-order valence-corrected chi connectivity index (χ2v) is 5.41. The third kappa shape index (κ3) is 5.09. The second kappa shape index (κ2) is 8.09. The molecule has 4 nitrogen and oxygen atoms in total. The minimum atomic E-state index is -0.778. The molecule has 0 aliphatic rings. The molecule has 1 aromatic heterocycles. The van der Waals surface area contributed by atoms with Crippen molar-refractivity contribution < 1.29 is 19.3 Å². The quantitative estimate of drug-likeness (QED) is 0.697. The molecule has 3 N–H and O–H groups in total. The Labute approximate surface area is 126 Å². The van der Waals surface area contributed by atoms with Gasteiger partial charge in [0, 0.05) is 13.1 Å². The molecular formula is C15H18FNO3S. The summed E-state index contributed by atoms with van der Waals surface area (Å²) >= 11 is 1.52. The molecule has 0 fully saturated rings. The lowest BCUT2D eigenvalue weighted by Crippen LogP contribution is -2.33. The highest BCUT2D eigenvalue weighted by Gasteiger charge is 2.10. The van der Waals surface area contributed by atoms with Gasteiger partial charge in [0.05, 0.1) is 6.10 Å². The lowest BCUT2D eigenvalue weighted by atomic mass is 10.2. The summed E-state index contributed by atoms with van der Waals surface area (Å²) in [6, 6.07) is 7.91. The number of nitrogens with one attached hydrogen (secondary N) is 1. The molecule has 114 valence electrons. The van der Waals surface area contributed by atoms with Crippen molar-refractivity contribution in [1.29, 1.82) is 0 Å². The Hall–Kier alpha value is -1.47. The highest BCUT2D eigenvalue weighted by molar-refractivity contribution is 7.07. The summed E-state index contributed by atoms with van der Waals surface area (Å²) < 4.78 is 18.5. The van der Waals surface area contributed by atoms with E-state index in [1.807, 2.05) is 16.8 Å². The first kappa shape index (κ1) is 15.9. The third-order valence-electron chi connectivity index (χ3n) is 2.91. The molecule has 21 heavy (non-hydrogen) atoms. The molecule has 0 bridgehead atoms. The van der Waals surface area contributed by atoms with E-state index in [-0.39, 0.29) is 18.9 Å². The van der Waals surface area contributed by atoms with Crippen LogP contribution in [0.2, 0.25) is 0 Å². The number of aliphatic hydroxyl groups is 2. The van der Waals surface area contributed by atoms with Crippen LogP contribution in [0.1, 0.15) is 11.7 Å². The topological polar surface area (TPSA) is 61.7 Å². The van der Waals surface area contributed by atoms with Crippen LogP contribution in [0, 0.1) is 5.82 Å². The second-order valence-electron chi connectivity index (χ2n) is 4.63. The van der Waals surface area contributed by atoms with Crippen LogP contribution < -0.4 is 10.1 Å². The molecule has 0 aliphatic carbocycles. The SMILES string of the molecule is OC(CNCC(O)c1ccsc1)COc1ccccc1F. The lowest BCUT2D eigenvalue weighted by molar-refractivity contribution is 0.0978. The standard InChI is InChI=1S/C15H18FNO3S/c16-13-3-1-2-4-15(13)20-9-12(18)7-17-8-14(19)11-5-6-21-10-11/h1-6,10,12,14,17-19H,7-9H2. The third-order valence-corrected chi connectivity index (χ3v) is 3.61. The monoisotopic (exact) mass is 311 g/mol. The van der Waals surface area contributed by atoms with Crippen LogP contribution >= 0.6 is 11.3 Å². The van der Waals surface area contributed by atoms with Gasteiger partial charge in [0.2, 0.25) is 0 Å². The number of rotatable bonds is 8. The summed E-state index contributed by atoms with van der Waals surface area (Å²) in [5.41, 5.74) is 0.851. The van der Waals surface area contributed by atoms with Gasteiger partial charge in [-0.3, -0.25) is 0 Å². The van der Waals surface area contributed by atoms with Gasteiger partial charge >= 0.3 is 0 Å². The minimum absolute atomic E-state index is 0.0114. The molecule has 0 radical (unpaired) electrons. The van der Waals surface area contributed by atoms with Gasteiger partial charge in [-0.25, -0.2) is 4.39 Å². The molecule has 0 saturated carbocycles. The van der Waals surface area contributed by atoms with Gasteiger partial charge in [0.15, 0.2) is 11.6 Å². The number of aliphatic hydroxyl groups excluding tert-OH is 2. The molecule has 0 spiro atoms. The maximum atomic E-state index is 13.3. The van der Waals surface area contributed by atoms with Crippen molar-refractivity contribution in [2.24, 2.45) is 0 Å². The first-order valence-corrected chi connectivity index (χ1v) is 7.57. The Bertz CT molecular complexity index is 535. The molecule has 0 amide bonds. The summed E-state index contributed by atoms with van der Waals surface area (Å²) in [6.07, 6.45) is -1.38. The predicted octanol–water partition coefficient (Wildman–Crippen LogP) is 1.95. The number of benzene rings is 1. The fourth-order valence-corrected chi connectivity index (χ4v) is 2.48. The van der Waals surface area contributed by atoms with E-state index < -0.39 is 18.0 Å². The average molecular weight is 311 g/mol. The largest absolute Gasteiger partial charge is 0.488 e. The number of thiophene rings is 1. The highest BCUT2D eigenvalue weighted by Crippen LogP contribution is 2.16. The molecule has 2 unspecified atom stereocenters. The molecule has 2 aromatic rings. The van der Waals surface area contributed by atoms with Crippen LogP contribution in [0.15, 0.2) is 41.1 Å². The van der Waals surface area contributed by atoms with Crippen molar-refractivity contribution >= 4 is 11.3 Å². The fourth-order valence-electron chi connectivity index (χ4n) is 1.78. The van der Waals surface area contributed by atoms with Crippen molar-refractivity contribution in [3.8, 4) is 5.75 Å². The molecule has 1 heterocycles. The molecule has 6 heteroatoms. The zero-order valence-corrected chi connectivity index (χ0v) is 12.2. The van der Waals surface area contributed by atoms with Crippen molar-refractivity contribution in [2.45, 2.75) is 12.2 Å². The summed E-state index contributed by atoms with van der Waals surface area (Å²) in [6.45, 7) is 0.589. The van der Waals surface area contributed by atoms with Crippen molar-refractivity contribution in [1.82, 2.24) is 5.32 Å². The summed E-state index contributed by atoms with van der Waals surface area (Å²) in [4.78, 5) is 0. The van der Waals surface area contributed by atoms with Crippen molar-refractivity contribution in [2.75, 3.05) is 19.7 Å². The number of hydrogen-bond donors (Lipinski definition) is 3. The van der Waals surface area contributed by atoms with E-state index in [0.717, 1.165) is 5.56 Å². The first-order valence-electron chi connectivity index (χ1n) is 6.63. The maximum absolute atomic E-state index is 13.3. The summed E-state index contributed by atoms with van der Waals surface area (Å²) in [5.74, 6) is -0.333. The first-order chi connectivity index (χ1) is 10.2. The van der Waals surface area contributed by atoms with E-state index in [4.69, 9.17) is 4.74 Å². The Kier molecular flexibility index (Phi) is 6.13. The van der Waals surface area contributed by atoms with Crippen molar-refractivity contribution in [3.05, 3.63) is 52.5 Å². The van der Waals surface area contributed by atoms with Gasteiger partial charge in [0.1, 0.15) is 12.7 Å². The van der Waals surface area contributed by atoms with E-state index in [2.05, 4.69) is 5.32 Å². The molecule has 1 aromatic carbocycles. The lowest BCUT2D eigenvalue weighted by Gasteiger charge is -2.15. The zero-order valence-electron chi connectivity index (χ0n) is 11.4. The van der Waals surface area contributed by atoms with E-state index >= 15 is 0 Å². The minimum Gasteiger partial charge on any atom is -0.488 e. The smallest absolute Gasteiger partial charge is 0.165 e. The predicted molar refractivity (Wildman–Crippen MR) is 80.1 cm³/mol. The van der Waals surface area contributed by atoms with Gasteiger partial charge in [-0.15, -0.1) is 0 Å². The molecular weight excluding hydrogens is 293 g/mol. The Balaban J connectivity index is 1.66.